The first kappa shape index (κ1) is 22.5. The van der Waals surface area contributed by atoms with Crippen LogP contribution in [-0.2, 0) is 0 Å². The van der Waals surface area contributed by atoms with Gasteiger partial charge in [-0.2, -0.15) is 21.9 Å². The van der Waals surface area contributed by atoms with E-state index in [1.165, 1.54) is 44.1 Å². The van der Waals surface area contributed by atoms with E-state index in [2.05, 4.69) is 126 Å². The molecule has 0 N–H and O–H groups in total. The third-order valence-electron chi connectivity index (χ3n) is 7.72. The molecule has 1 nitrogen and oxygen atoms in total. The van der Waals surface area contributed by atoms with Crippen LogP contribution < -0.4 is 26.6 Å². The fraction of sp³-hybridized carbons (Fsp3) is 0.250. The topological polar surface area (TPSA) is 9.23 Å². The quantitative estimate of drug-likeness (QED) is 0.307. The lowest BCUT2D eigenvalue weighted by Gasteiger charge is -2.50. The van der Waals surface area contributed by atoms with Gasteiger partial charge in [0.1, 0.15) is 6.15 Å². The van der Waals surface area contributed by atoms with Crippen molar-refractivity contribution in [1.29, 1.82) is 0 Å². The SMILES string of the molecule is Cc1cc(C(C)C)cc2c1Oc1c(C)cc(C(C)C)cc1[B-]2(c1ccccc1)c1ccccc1. The second-order valence-corrected chi connectivity index (χ2v) is 10.6. The van der Waals surface area contributed by atoms with E-state index >= 15 is 0 Å². The maximum atomic E-state index is 6.82. The number of ether oxygens (including phenoxy) is 1. The molecule has 0 fully saturated rings. The van der Waals surface area contributed by atoms with Gasteiger partial charge in [0.05, 0.1) is 11.5 Å². The van der Waals surface area contributed by atoms with Crippen molar-refractivity contribution in [2.45, 2.75) is 53.4 Å². The standard InChI is InChI=1S/C32H34BO/c1-21(2)25-17-23(5)31-29(19-25)33(27-13-9-7-10-14-27,28-15-11-8-12-16-28)30-20-26(22(3)4)18-24(6)32(30)34-31/h7-22H,1-6H3/q-1. The molecular weight excluding hydrogens is 411 g/mol. The van der Waals surface area contributed by atoms with Gasteiger partial charge in [0, 0.05) is 0 Å². The van der Waals surface area contributed by atoms with Crippen LogP contribution in [0.3, 0.4) is 0 Å². The zero-order valence-electron chi connectivity index (χ0n) is 21.2. The average molecular weight is 445 g/mol. The first-order valence-electron chi connectivity index (χ1n) is 12.6. The number of hydrogen-bond acceptors (Lipinski definition) is 1. The zero-order chi connectivity index (χ0) is 24.0. The van der Waals surface area contributed by atoms with Crippen molar-refractivity contribution in [1.82, 2.24) is 0 Å². The molecule has 0 spiro atoms. The summed E-state index contributed by atoms with van der Waals surface area (Å²) in [6.45, 7) is 13.5. The normalized spacial score (nSPS) is 14.0. The van der Waals surface area contributed by atoms with Crippen LogP contribution >= 0.6 is 0 Å². The van der Waals surface area contributed by atoms with E-state index in [1.54, 1.807) is 0 Å². The van der Waals surface area contributed by atoms with Gasteiger partial charge in [0.15, 0.2) is 0 Å². The van der Waals surface area contributed by atoms with Crippen LogP contribution in [0.15, 0.2) is 84.9 Å². The van der Waals surface area contributed by atoms with Crippen molar-refractivity contribution in [3.63, 3.8) is 0 Å². The lowest BCUT2D eigenvalue weighted by Crippen LogP contribution is -2.76. The summed E-state index contributed by atoms with van der Waals surface area (Å²) in [5.41, 5.74) is 10.4. The fourth-order valence-electron chi connectivity index (χ4n) is 5.91. The first-order chi connectivity index (χ1) is 16.3. The van der Waals surface area contributed by atoms with Gasteiger partial charge >= 0.3 is 0 Å². The summed E-state index contributed by atoms with van der Waals surface area (Å²) in [7, 11) is 0. The Kier molecular flexibility index (Phi) is 5.64. The lowest BCUT2D eigenvalue weighted by molar-refractivity contribution is 0.479. The van der Waals surface area contributed by atoms with Crippen LogP contribution in [0.2, 0.25) is 0 Å². The molecule has 0 saturated carbocycles. The molecule has 0 aromatic heterocycles. The van der Waals surface area contributed by atoms with Crippen molar-refractivity contribution in [2.24, 2.45) is 0 Å². The smallest absolute Gasteiger partial charge is 0.117 e. The Morgan fingerprint density at radius 3 is 1.29 bits per heavy atom. The largest absolute Gasteiger partial charge is 0.463 e. The van der Waals surface area contributed by atoms with Crippen molar-refractivity contribution in [3.05, 3.63) is 107 Å². The van der Waals surface area contributed by atoms with Gasteiger partial charge in [-0.25, -0.2) is 0 Å². The maximum Gasteiger partial charge on any atom is 0.117 e. The number of benzene rings is 4. The minimum absolute atomic E-state index is 0.439. The van der Waals surface area contributed by atoms with E-state index in [0.29, 0.717) is 11.8 Å². The third-order valence-corrected chi connectivity index (χ3v) is 7.72. The molecular formula is C32H34BO-. The fourth-order valence-corrected chi connectivity index (χ4v) is 5.91. The van der Waals surface area contributed by atoms with Gasteiger partial charge in [0.2, 0.25) is 0 Å². The summed E-state index contributed by atoms with van der Waals surface area (Å²) in [6, 6.07) is 31.6. The highest BCUT2D eigenvalue weighted by Gasteiger charge is 2.40. The molecule has 0 radical (unpaired) electrons. The van der Waals surface area contributed by atoms with Gasteiger partial charge in [0.25, 0.3) is 0 Å². The summed E-state index contributed by atoms with van der Waals surface area (Å²) in [4.78, 5) is 0. The van der Waals surface area contributed by atoms with E-state index in [-0.39, 0.29) is 0 Å². The second-order valence-electron chi connectivity index (χ2n) is 10.6. The molecule has 34 heavy (non-hydrogen) atoms. The molecule has 2 heteroatoms. The van der Waals surface area contributed by atoms with Crippen LogP contribution in [0.4, 0.5) is 0 Å². The molecule has 5 rings (SSSR count). The molecule has 0 amide bonds. The summed E-state index contributed by atoms with van der Waals surface area (Å²) in [5, 5.41) is 0. The molecule has 1 heterocycles. The van der Waals surface area contributed by atoms with Crippen molar-refractivity contribution in [2.75, 3.05) is 0 Å². The molecule has 0 atom stereocenters. The summed E-state index contributed by atoms with van der Waals surface area (Å²) in [6.07, 6.45) is -1.43. The van der Waals surface area contributed by atoms with Crippen LogP contribution in [0.1, 0.15) is 61.8 Å². The van der Waals surface area contributed by atoms with Gasteiger partial charge in [-0.05, 0) is 47.9 Å². The molecule has 4 aromatic carbocycles. The molecule has 172 valence electrons. The molecule has 0 aliphatic carbocycles. The predicted molar refractivity (Wildman–Crippen MR) is 148 cm³/mol. The van der Waals surface area contributed by atoms with Crippen molar-refractivity contribution < 1.29 is 4.74 Å². The van der Waals surface area contributed by atoms with Crippen LogP contribution in [0, 0.1) is 13.8 Å². The number of fused-ring (bicyclic) bond motifs is 2. The highest BCUT2D eigenvalue weighted by atomic mass is 16.5. The van der Waals surface area contributed by atoms with Gasteiger partial charge in [-0.3, -0.25) is 0 Å². The Labute approximate surface area is 204 Å². The Balaban J connectivity index is 2.01. The van der Waals surface area contributed by atoms with Crippen LogP contribution in [0.5, 0.6) is 11.5 Å². The summed E-state index contributed by atoms with van der Waals surface area (Å²) < 4.78 is 6.82. The minimum atomic E-state index is -1.43. The highest BCUT2D eigenvalue weighted by Crippen LogP contribution is 2.36. The highest BCUT2D eigenvalue weighted by molar-refractivity contribution is 7.20. The zero-order valence-corrected chi connectivity index (χ0v) is 21.2. The Hall–Kier alpha value is -3.26. The molecule has 0 unspecified atom stereocenters. The molecule has 0 bridgehead atoms. The molecule has 1 aliphatic rings. The van der Waals surface area contributed by atoms with Crippen LogP contribution in [0.25, 0.3) is 0 Å². The van der Waals surface area contributed by atoms with Gasteiger partial charge < -0.3 is 4.74 Å². The molecule has 4 aromatic rings. The van der Waals surface area contributed by atoms with E-state index < -0.39 is 6.15 Å². The Bertz CT molecular complexity index is 1230. The van der Waals surface area contributed by atoms with E-state index in [9.17, 15) is 0 Å². The number of aryl methyl sites for hydroxylation is 2. The predicted octanol–water partition coefficient (Wildman–Crippen LogP) is 6.03. The second kappa shape index (κ2) is 8.51. The third kappa shape index (κ3) is 3.39. The maximum absolute atomic E-state index is 6.82. The number of rotatable bonds is 4. The summed E-state index contributed by atoms with van der Waals surface area (Å²) in [5.74, 6) is 2.92. The molecule has 1 aliphatic heterocycles. The lowest BCUT2D eigenvalue weighted by atomic mass is 9.12. The van der Waals surface area contributed by atoms with E-state index in [4.69, 9.17) is 4.74 Å². The van der Waals surface area contributed by atoms with E-state index in [1.807, 2.05) is 0 Å². The Morgan fingerprint density at radius 2 is 0.941 bits per heavy atom. The first-order valence-corrected chi connectivity index (χ1v) is 12.6. The number of hydrogen-bond donors (Lipinski definition) is 0. The minimum Gasteiger partial charge on any atom is -0.463 e. The van der Waals surface area contributed by atoms with E-state index in [0.717, 1.165) is 11.5 Å². The Morgan fingerprint density at radius 1 is 0.559 bits per heavy atom. The van der Waals surface area contributed by atoms with Crippen molar-refractivity contribution >= 4 is 28.0 Å². The van der Waals surface area contributed by atoms with Gasteiger partial charge in [-0.15, -0.1) is 0 Å². The van der Waals surface area contributed by atoms with Crippen LogP contribution in [-0.4, -0.2) is 6.15 Å². The molecule has 0 saturated heterocycles. The average Bonchev–Trinajstić information content (AvgIpc) is 2.84. The summed E-state index contributed by atoms with van der Waals surface area (Å²) >= 11 is 0. The van der Waals surface area contributed by atoms with Crippen molar-refractivity contribution in [3.8, 4) is 11.5 Å². The van der Waals surface area contributed by atoms with Gasteiger partial charge in [-0.1, -0.05) is 113 Å². The monoisotopic (exact) mass is 445 g/mol.